The van der Waals surface area contributed by atoms with Crippen molar-refractivity contribution in [3.8, 4) is 0 Å². The quantitative estimate of drug-likeness (QED) is 0.814. The fourth-order valence-electron chi connectivity index (χ4n) is 2.97. The van der Waals surface area contributed by atoms with Crippen LogP contribution >= 0.6 is 0 Å². The minimum absolute atomic E-state index is 0.0727. The molecule has 122 valence electrons. The molecule has 1 aromatic carbocycles. The molecule has 1 amide bonds. The van der Waals surface area contributed by atoms with E-state index in [1.165, 1.54) is 25.9 Å². The van der Waals surface area contributed by atoms with Crippen molar-refractivity contribution in [1.82, 2.24) is 10.2 Å². The van der Waals surface area contributed by atoms with Crippen molar-refractivity contribution >= 4 is 11.6 Å². The number of nitrogens with zero attached hydrogens (tertiary/aromatic N) is 1. The molecule has 2 rings (SSSR count). The van der Waals surface area contributed by atoms with Gasteiger partial charge in [0, 0.05) is 18.3 Å². The second-order valence-electron chi connectivity index (χ2n) is 6.43. The third-order valence-electron chi connectivity index (χ3n) is 4.48. The molecule has 1 aromatic rings. The normalized spacial score (nSPS) is 16.7. The van der Waals surface area contributed by atoms with E-state index in [9.17, 15) is 4.79 Å². The van der Waals surface area contributed by atoms with Gasteiger partial charge in [0.05, 0.1) is 6.54 Å². The molecule has 0 aliphatic carbocycles. The molecule has 22 heavy (non-hydrogen) atoms. The van der Waals surface area contributed by atoms with Gasteiger partial charge in [-0.1, -0.05) is 18.2 Å². The summed E-state index contributed by atoms with van der Waals surface area (Å²) >= 11 is 0. The van der Waals surface area contributed by atoms with Crippen molar-refractivity contribution in [2.75, 3.05) is 31.5 Å². The molecule has 1 aliphatic heterocycles. The third-order valence-corrected chi connectivity index (χ3v) is 4.48. The van der Waals surface area contributed by atoms with E-state index in [2.05, 4.69) is 29.4 Å². The summed E-state index contributed by atoms with van der Waals surface area (Å²) in [5, 5.41) is 6.15. The number of amides is 1. The van der Waals surface area contributed by atoms with E-state index in [-0.39, 0.29) is 5.91 Å². The molecule has 1 aliphatic rings. The Labute approximate surface area is 134 Å². The topological polar surface area (TPSA) is 44.4 Å². The number of nitrogens with one attached hydrogen (secondary N) is 2. The summed E-state index contributed by atoms with van der Waals surface area (Å²) in [7, 11) is 0. The van der Waals surface area contributed by atoms with E-state index in [0.717, 1.165) is 24.6 Å². The number of benzene rings is 1. The third kappa shape index (κ3) is 5.68. The van der Waals surface area contributed by atoms with Crippen molar-refractivity contribution in [3.05, 3.63) is 30.3 Å². The Morgan fingerprint density at radius 3 is 2.55 bits per heavy atom. The maximum absolute atomic E-state index is 11.8. The predicted octanol–water partition coefficient (Wildman–Crippen LogP) is 2.73. The van der Waals surface area contributed by atoms with Gasteiger partial charge < -0.3 is 15.5 Å². The Balaban J connectivity index is 1.56. The zero-order valence-electron chi connectivity index (χ0n) is 13.8. The highest BCUT2D eigenvalue weighted by Crippen LogP contribution is 2.21. The maximum Gasteiger partial charge on any atom is 0.239 e. The number of rotatable bonds is 7. The van der Waals surface area contributed by atoms with Crippen LogP contribution in [-0.2, 0) is 4.79 Å². The number of carbonyl (C=O) groups excluding carboxylic acids is 1. The van der Waals surface area contributed by atoms with Crippen molar-refractivity contribution in [3.63, 3.8) is 0 Å². The van der Waals surface area contributed by atoms with Crippen molar-refractivity contribution in [1.29, 1.82) is 0 Å². The SMILES string of the molecule is CC(C)N1CCC(CCNC(=O)CNc2ccccc2)CC1. The highest BCUT2D eigenvalue weighted by atomic mass is 16.1. The van der Waals surface area contributed by atoms with Gasteiger partial charge in [0.25, 0.3) is 0 Å². The summed E-state index contributed by atoms with van der Waals surface area (Å²) in [6.45, 7) is 8.07. The highest BCUT2D eigenvalue weighted by molar-refractivity contribution is 5.80. The van der Waals surface area contributed by atoms with Crippen molar-refractivity contribution in [2.45, 2.75) is 39.2 Å². The Bertz CT molecular complexity index is 439. The first-order valence-electron chi connectivity index (χ1n) is 8.45. The summed E-state index contributed by atoms with van der Waals surface area (Å²) in [5.41, 5.74) is 0.985. The summed E-state index contributed by atoms with van der Waals surface area (Å²) in [5.74, 6) is 0.834. The molecule has 0 saturated carbocycles. The van der Waals surface area contributed by atoms with Crippen molar-refractivity contribution in [2.24, 2.45) is 5.92 Å². The number of hydrogen-bond acceptors (Lipinski definition) is 3. The van der Waals surface area contributed by atoms with Crippen LogP contribution in [0, 0.1) is 5.92 Å². The van der Waals surface area contributed by atoms with Gasteiger partial charge >= 0.3 is 0 Å². The lowest BCUT2D eigenvalue weighted by Crippen LogP contribution is -2.39. The lowest BCUT2D eigenvalue weighted by Gasteiger charge is -2.34. The molecular formula is C18H29N3O. The minimum Gasteiger partial charge on any atom is -0.376 e. The van der Waals surface area contributed by atoms with E-state index in [1.54, 1.807) is 0 Å². The molecule has 4 heteroatoms. The molecule has 1 fully saturated rings. The van der Waals surface area contributed by atoms with Crippen LogP contribution in [0.4, 0.5) is 5.69 Å². The molecule has 4 nitrogen and oxygen atoms in total. The van der Waals surface area contributed by atoms with E-state index >= 15 is 0 Å². The first-order valence-corrected chi connectivity index (χ1v) is 8.45. The van der Waals surface area contributed by atoms with E-state index < -0.39 is 0 Å². The number of anilines is 1. The fourth-order valence-corrected chi connectivity index (χ4v) is 2.97. The van der Waals surface area contributed by atoms with Gasteiger partial charge in [0.15, 0.2) is 0 Å². The van der Waals surface area contributed by atoms with Crippen LogP contribution in [0.5, 0.6) is 0 Å². The summed E-state index contributed by atoms with van der Waals surface area (Å²) in [4.78, 5) is 14.4. The zero-order valence-corrected chi connectivity index (χ0v) is 13.8. The van der Waals surface area contributed by atoms with Gasteiger partial charge in [-0.25, -0.2) is 0 Å². The van der Waals surface area contributed by atoms with Gasteiger partial charge in [0.1, 0.15) is 0 Å². The molecule has 1 heterocycles. The standard InChI is InChI=1S/C18H29N3O/c1-15(2)21-12-9-16(10-13-21)8-11-19-18(22)14-20-17-6-4-3-5-7-17/h3-7,15-16,20H,8-14H2,1-2H3,(H,19,22). The zero-order chi connectivity index (χ0) is 15.8. The number of hydrogen-bond donors (Lipinski definition) is 2. The monoisotopic (exact) mass is 303 g/mol. The average Bonchev–Trinajstić information content (AvgIpc) is 2.54. The molecule has 1 saturated heterocycles. The van der Waals surface area contributed by atoms with Gasteiger partial charge in [-0.3, -0.25) is 4.79 Å². The van der Waals surface area contributed by atoms with Crippen LogP contribution < -0.4 is 10.6 Å². The Kier molecular flexibility index (Phi) is 6.72. The van der Waals surface area contributed by atoms with E-state index in [1.807, 2.05) is 30.3 Å². The number of likely N-dealkylation sites (tertiary alicyclic amines) is 1. The van der Waals surface area contributed by atoms with Crippen molar-refractivity contribution < 1.29 is 4.79 Å². The smallest absolute Gasteiger partial charge is 0.239 e. The van der Waals surface area contributed by atoms with Crippen LogP contribution in [0.25, 0.3) is 0 Å². The van der Waals surface area contributed by atoms with Crippen LogP contribution in [0.3, 0.4) is 0 Å². The molecule has 0 unspecified atom stereocenters. The number of carbonyl (C=O) groups is 1. The molecule has 2 N–H and O–H groups in total. The van der Waals surface area contributed by atoms with Gasteiger partial charge in [-0.2, -0.15) is 0 Å². The van der Waals surface area contributed by atoms with Gasteiger partial charge in [0.2, 0.25) is 5.91 Å². The first kappa shape index (κ1) is 16.8. The summed E-state index contributed by atoms with van der Waals surface area (Å²) < 4.78 is 0. The van der Waals surface area contributed by atoms with Gasteiger partial charge in [-0.15, -0.1) is 0 Å². The molecule has 0 spiro atoms. The second-order valence-corrected chi connectivity index (χ2v) is 6.43. The minimum atomic E-state index is 0.0727. The second kappa shape index (κ2) is 8.79. The Morgan fingerprint density at radius 2 is 1.91 bits per heavy atom. The summed E-state index contributed by atoms with van der Waals surface area (Å²) in [6.07, 6.45) is 3.62. The summed E-state index contributed by atoms with van der Waals surface area (Å²) in [6, 6.07) is 10.5. The molecule has 0 atom stereocenters. The first-order chi connectivity index (χ1) is 10.6. The average molecular weight is 303 g/mol. The maximum atomic E-state index is 11.8. The molecular weight excluding hydrogens is 274 g/mol. The Hall–Kier alpha value is -1.55. The largest absolute Gasteiger partial charge is 0.376 e. The van der Waals surface area contributed by atoms with Crippen LogP contribution in [-0.4, -0.2) is 43.0 Å². The number of piperidine rings is 1. The van der Waals surface area contributed by atoms with Gasteiger partial charge in [-0.05, 0) is 64.3 Å². The molecule has 0 aromatic heterocycles. The fraction of sp³-hybridized carbons (Fsp3) is 0.611. The Morgan fingerprint density at radius 1 is 1.23 bits per heavy atom. The number of para-hydroxylation sites is 1. The predicted molar refractivity (Wildman–Crippen MR) is 92.0 cm³/mol. The van der Waals surface area contributed by atoms with Crippen LogP contribution in [0.15, 0.2) is 30.3 Å². The highest BCUT2D eigenvalue weighted by Gasteiger charge is 2.20. The molecule has 0 bridgehead atoms. The van der Waals surface area contributed by atoms with E-state index in [4.69, 9.17) is 0 Å². The molecule has 0 radical (unpaired) electrons. The lowest BCUT2D eigenvalue weighted by atomic mass is 9.93. The van der Waals surface area contributed by atoms with E-state index in [0.29, 0.717) is 12.6 Å². The van der Waals surface area contributed by atoms with Crippen LogP contribution in [0.1, 0.15) is 33.1 Å². The van der Waals surface area contributed by atoms with Crippen LogP contribution in [0.2, 0.25) is 0 Å². The lowest BCUT2D eigenvalue weighted by molar-refractivity contribution is -0.119.